The highest BCUT2D eigenvalue weighted by Gasteiger charge is 2.18. The largest absolute Gasteiger partial charge is 0.383 e. The SMILES string of the molecule is Cc1nc(/C=C/N(C)C)c(C#N)c(-c2ccc(Cl)cc2)c1C#N. The molecule has 1 aromatic heterocycles. The van der Waals surface area contributed by atoms with Gasteiger partial charge in [-0.05, 0) is 30.7 Å². The van der Waals surface area contributed by atoms with Crippen molar-refractivity contribution in [2.75, 3.05) is 14.1 Å². The molecule has 0 spiro atoms. The van der Waals surface area contributed by atoms with Crippen LogP contribution in [0.15, 0.2) is 30.5 Å². The van der Waals surface area contributed by atoms with Crippen LogP contribution in [0.1, 0.15) is 22.5 Å². The molecule has 0 N–H and O–H groups in total. The lowest BCUT2D eigenvalue weighted by molar-refractivity contribution is 0.567. The fourth-order valence-corrected chi connectivity index (χ4v) is 2.35. The molecular weight excluding hydrogens is 308 g/mol. The molecule has 0 atom stereocenters. The maximum Gasteiger partial charge on any atom is 0.102 e. The van der Waals surface area contributed by atoms with Crippen LogP contribution >= 0.6 is 11.6 Å². The second kappa shape index (κ2) is 6.96. The summed E-state index contributed by atoms with van der Waals surface area (Å²) in [6.45, 7) is 1.77. The first kappa shape index (κ1) is 16.5. The monoisotopic (exact) mass is 322 g/mol. The minimum Gasteiger partial charge on any atom is -0.383 e. The van der Waals surface area contributed by atoms with Crippen molar-refractivity contribution in [3.05, 3.63) is 58.0 Å². The Morgan fingerprint density at radius 3 is 2.22 bits per heavy atom. The lowest BCUT2D eigenvalue weighted by atomic mass is 9.93. The summed E-state index contributed by atoms with van der Waals surface area (Å²) in [7, 11) is 3.78. The van der Waals surface area contributed by atoms with E-state index in [1.165, 1.54) is 0 Å². The van der Waals surface area contributed by atoms with Crippen molar-refractivity contribution >= 4 is 17.7 Å². The normalized spacial score (nSPS) is 10.3. The Morgan fingerprint density at radius 2 is 1.70 bits per heavy atom. The van der Waals surface area contributed by atoms with Crippen LogP contribution in [0.25, 0.3) is 17.2 Å². The molecule has 0 radical (unpaired) electrons. The Balaban J connectivity index is 2.80. The van der Waals surface area contributed by atoms with Gasteiger partial charge in [0.25, 0.3) is 0 Å². The van der Waals surface area contributed by atoms with E-state index in [1.807, 2.05) is 25.2 Å². The maximum atomic E-state index is 9.62. The van der Waals surface area contributed by atoms with Crippen molar-refractivity contribution in [2.24, 2.45) is 0 Å². The number of aromatic nitrogens is 1. The van der Waals surface area contributed by atoms with Gasteiger partial charge in [-0.2, -0.15) is 10.5 Å². The molecule has 1 heterocycles. The van der Waals surface area contributed by atoms with Crippen molar-refractivity contribution in [3.63, 3.8) is 0 Å². The van der Waals surface area contributed by atoms with Gasteiger partial charge in [0, 0.05) is 30.9 Å². The van der Waals surface area contributed by atoms with Crippen molar-refractivity contribution in [1.29, 1.82) is 10.5 Å². The molecule has 5 heteroatoms. The van der Waals surface area contributed by atoms with Crippen LogP contribution in [-0.2, 0) is 0 Å². The average molecular weight is 323 g/mol. The van der Waals surface area contributed by atoms with E-state index in [0.717, 1.165) is 5.56 Å². The van der Waals surface area contributed by atoms with E-state index in [1.54, 1.807) is 37.3 Å². The number of benzene rings is 1. The van der Waals surface area contributed by atoms with Crippen molar-refractivity contribution in [2.45, 2.75) is 6.92 Å². The van der Waals surface area contributed by atoms with Gasteiger partial charge in [-0.25, -0.2) is 0 Å². The Bertz CT molecular complexity index is 837. The molecule has 0 fully saturated rings. The molecule has 1 aromatic carbocycles. The zero-order valence-corrected chi connectivity index (χ0v) is 13.9. The van der Waals surface area contributed by atoms with Crippen LogP contribution in [-0.4, -0.2) is 24.0 Å². The fourth-order valence-electron chi connectivity index (χ4n) is 2.22. The van der Waals surface area contributed by atoms with Gasteiger partial charge in [-0.15, -0.1) is 0 Å². The van der Waals surface area contributed by atoms with E-state index in [0.29, 0.717) is 33.1 Å². The van der Waals surface area contributed by atoms with Crippen molar-refractivity contribution in [1.82, 2.24) is 9.88 Å². The lowest BCUT2D eigenvalue weighted by Crippen LogP contribution is -2.03. The standard InChI is InChI=1S/C18H15ClN4/c1-12-15(10-20)18(13-4-6-14(19)7-5-13)16(11-21)17(22-12)8-9-23(2)3/h4-9H,1-3H3/b9-8+. The van der Waals surface area contributed by atoms with E-state index in [2.05, 4.69) is 17.1 Å². The molecule has 2 rings (SSSR count). The predicted octanol–water partition coefficient (Wildman–Crippen LogP) is 3.99. The molecule has 114 valence electrons. The van der Waals surface area contributed by atoms with Gasteiger partial charge in [0.2, 0.25) is 0 Å². The number of rotatable bonds is 3. The topological polar surface area (TPSA) is 63.7 Å². The van der Waals surface area contributed by atoms with Gasteiger partial charge < -0.3 is 4.90 Å². The average Bonchev–Trinajstić information content (AvgIpc) is 2.53. The van der Waals surface area contributed by atoms with Gasteiger partial charge in [-0.3, -0.25) is 4.98 Å². The molecular formula is C18H15ClN4. The summed E-state index contributed by atoms with van der Waals surface area (Å²) in [5.41, 5.74) is 3.29. The smallest absolute Gasteiger partial charge is 0.102 e. The number of nitrogens with zero attached hydrogens (tertiary/aromatic N) is 4. The van der Waals surface area contributed by atoms with E-state index < -0.39 is 0 Å². The third-order valence-electron chi connectivity index (χ3n) is 3.29. The van der Waals surface area contributed by atoms with Crippen LogP contribution in [0, 0.1) is 29.6 Å². The van der Waals surface area contributed by atoms with E-state index in [-0.39, 0.29) is 0 Å². The summed E-state index contributed by atoms with van der Waals surface area (Å²) in [6, 6.07) is 11.4. The predicted molar refractivity (Wildman–Crippen MR) is 91.6 cm³/mol. The van der Waals surface area contributed by atoms with E-state index in [4.69, 9.17) is 11.6 Å². The highest BCUT2D eigenvalue weighted by molar-refractivity contribution is 6.30. The molecule has 2 aromatic rings. The molecule has 0 amide bonds. The van der Waals surface area contributed by atoms with Gasteiger partial charge in [0.1, 0.15) is 12.1 Å². The van der Waals surface area contributed by atoms with Crippen molar-refractivity contribution < 1.29 is 0 Å². The molecule has 0 bridgehead atoms. The molecule has 0 aliphatic rings. The lowest BCUT2D eigenvalue weighted by Gasteiger charge is -2.12. The maximum absolute atomic E-state index is 9.62. The van der Waals surface area contributed by atoms with Crippen LogP contribution in [0.2, 0.25) is 5.02 Å². The minimum absolute atomic E-state index is 0.382. The number of hydrogen-bond acceptors (Lipinski definition) is 4. The third-order valence-corrected chi connectivity index (χ3v) is 3.55. The summed E-state index contributed by atoms with van der Waals surface area (Å²) < 4.78 is 0. The summed E-state index contributed by atoms with van der Waals surface area (Å²) in [5.74, 6) is 0. The van der Waals surface area contributed by atoms with Gasteiger partial charge in [0.15, 0.2) is 0 Å². The summed E-state index contributed by atoms with van der Waals surface area (Å²) >= 11 is 5.93. The summed E-state index contributed by atoms with van der Waals surface area (Å²) in [5, 5.41) is 19.7. The highest BCUT2D eigenvalue weighted by Crippen LogP contribution is 2.31. The zero-order chi connectivity index (χ0) is 17.0. The van der Waals surface area contributed by atoms with Crippen molar-refractivity contribution in [3.8, 4) is 23.3 Å². The number of aryl methyl sites for hydroxylation is 1. The second-order valence-electron chi connectivity index (χ2n) is 5.22. The highest BCUT2D eigenvalue weighted by atomic mass is 35.5. The fraction of sp³-hybridized carbons (Fsp3) is 0.167. The first-order valence-corrected chi connectivity index (χ1v) is 7.31. The quantitative estimate of drug-likeness (QED) is 0.857. The number of halogens is 1. The first-order valence-electron chi connectivity index (χ1n) is 6.93. The third kappa shape index (κ3) is 3.51. The number of nitriles is 2. The number of hydrogen-bond donors (Lipinski definition) is 0. The molecule has 0 saturated heterocycles. The summed E-state index contributed by atoms with van der Waals surface area (Å²) in [6.07, 6.45) is 3.59. The van der Waals surface area contributed by atoms with Crippen LogP contribution in [0.3, 0.4) is 0 Å². The van der Waals surface area contributed by atoms with E-state index >= 15 is 0 Å². The van der Waals surface area contributed by atoms with Gasteiger partial charge in [-0.1, -0.05) is 23.7 Å². The molecule has 0 aliphatic carbocycles. The first-order chi connectivity index (χ1) is 11.0. The second-order valence-corrected chi connectivity index (χ2v) is 5.65. The molecule has 0 aliphatic heterocycles. The minimum atomic E-state index is 0.382. The Morgan fingerprint density at radius 1 is 1.09 bits per heavy atom. The molecule has 0 unspecified atom stereocenters. The number of pyridine rings is 1. The molecule has 4 nitrogen and oxygen atoms in total. The molecule has 0 saturated carbocycles. The van der Waals surface area contributed by atoms with Crippen LogP contribution < -0.4 is 0 Å². The Labute approximate surface area is 140 Å². The van der Waals surface area contributed by atoms with Crippen LogP contribution in [0.5, 0.6) is 0 Å². The zero-order valence-electron chi connectivity index (χ0n) is 13.1. The van der Waals surface area contributed by atoms with Crippen LogP contribution in [0.4, 0.5) is 0 Å². The summed E-state index contributed by atoms with van der Waals surface area (Å²) in [4.78, 5) is 6.27. The van der Waals surface area contributed by atoms with Gasteiger partial charge >= 0.3 is 0 Å². The molecule has 23 heavy (non-hydrogen) atoms. The Hall–Kier alpha value is -2.82. The Kier molecular flexibility index (Phi) is 5.01. The van der Waals surface area contributed by atoms with E-state index in [9.17, 15) is 10.5 Å². The van der Waals surface area contributed by atoms with Gasteiger partial charge in [0.05, 0.1) is 22.5 Å².